The van der Waals surface area contributed by atoms with Crippen LogP contribution in [0, 0.1) is 0 Å². The average molecular weight is 372 g/mol. The van der Waals surface area contributed by atoms with E-state index < -0.39 is 0 Å². The summed E-state index contributed by atoms with van der Waals surface area (Å²) in [5.74, 6) is 0.149. The van der Waals surface area contributed by atoms with E-state index in [-0.39, 0.29) is 11.8 Å². The molecule has 1 saturated heterocycles. The summed E-state index contributed by atoms with van der Waals surface area (Å²) >= 11 is 1.50. The molecule has 1 aliphatic heterocycles. The van der Waals surface area contributed by atoms with Crippen LogP contribution in [0.5, 0.6) is 0 Å². The summed E-state index contributed by atoms with van der Waals surface area (Å²) in [4.78, 5) is 29.7. The number of carbonyl (C=O) groups excluding carboxylic acids is 2. The third-order valence-corrected chi connectivity index (χ3v) is 5.46. The lowest BCUT2D eigenvalue weighted by Crippen LogP contribution is -2.40. The van der Waals surface area contributed by atoms with Crippen LogP contribution in [0.2, 0.25) is 0 Å². The summed E-state index contributed by atoms with van der Waals surface area (Å²) in [5, 5.41) is 4.82. The average Bonchev–Trinajstić information content (AvgIpc) is 3.03. The van der Waals surface area contributed by atoms with E-state index in [9.17, 15) is 9.59 Å². The van der Waals surface area contributed by atoms with Crippen molar-refractivity contribution in [1.82, 2.24) is 15.1 Å². The molecule has 6 heteroatoms. The molecular weight excluding hydrogens is 346 g/mol. The van der Waals surface area contributed by atoms with Gasteiger partial charge in [0, 0.05) is 38.3 Å². The van der Waals surface area contributed by atoms with Crippen LogP contribution >= 0.6 is 11.3 Å². The van der Waals surface area contributed by atoms with Gasteiger partial charge in [-0.2, -0.15) is 0 Å². The summed E-state index contributed by atoms with van der Waals surface area (Å²) in [6.07, 6.45) is 0.886. The maximum absolute atomic E-state index is 13.1. The third kappa shape index (κ3) is 4.51. The Bertz CT molecular complexity index is 745. The molecule has 0 aliphatic carbocycles. The number of benzene rings is 1. The van der Waals surface area contributed by atoms with Crippen LogP contribution in [-0.4, -0.2) is 60.9 Å². The van der Waals surface area contributed by atoms with Gasteiger partial charge in [-0.1, -0.05) is 30.3 Å². The maximum Gasteiger partial charge on any atom is 0.264 e. The first-order valence-corrected chi connectivity index (χ1v) is 9.98. The second kappa shape index (κ2) is 8.96. The second-order valence-electron chi connectivity index (χ2n) is 6.40. The number of nitrogens with zero attached hydrogens (tertiary/aromatic N) is 2. The fraction of sp³-hybridized carbons (Fsp3) is 0.400. The van der Waals surface area contributed by atoms with Gasteiger partial charge in [0.1, 0.15) is 0 Å². The summed E-state index contributed by atoms with van der Waals surface area (Å²) in [6, 6.07) is 12.1. The molecule has 1 aliphatic rings. The Morgan fingerprint density at radius 2 is 1.88 bits per heavy atom. The van der Waals surface area contributed by atoms with Crippen LogP contribution in [-0.2, 0) is 4.79 Å². The molecule has 1 N–H and O–H groups in total. The summed E-state index contributed by atoms with van der Waals surface area (Å²) in [7, 11) is 0. The van der Waals surface area contributed by atoms with Crippen LogP contribution in [0.15, 0.2) is 41.8 Å². The Morgan fingerprint density at radius 3 is 2.65 bits per heavy atom. The van der Waals surface area contributed by atoms with Crippen molar-refractivity contribution in [3.8, 4) is 11.1 Å². The van der Waals surface area contributed by atoms with E-state index >= 15 is 0 Å². The van der Waals surface area contributed by atoms with E-state index in [1.165, 1.54) is 11.3 Å². The molecule has 26 heavy (non-hydrogen) atoms. The summed E-state index contributed by atoms with van der Waals surface area (Å²) < 4.78 is 0. The van der Waals surface area contributed by atoms with E-state index in [0.29, 0.717) is 19.6 Å². The van der Waals surface area contributed by atoms with Crippen LogP contribution in [0.3, 0.4) is 0 Å². The Morgan fingerprint density at radius 1 is 1.08 bits per heavy atom. The minimum Gasteiger partial charge on any atom is -0.355 e. The Hall–Kier alpha value is -2.18. The van der Waals surface area contributed by atoms with Gasteiger partial charge in [0.2, 0.25) is 5.91 Å². The van der Waals surface area contributed by atoms with Gasteiger partial charge in [0.15, 0.2) is 0 Å². The lowest BCUT2D eigenvalue weighted by atomic mass is 10.1. The van der Waals surface area contributed by atoms with Crippen molar-refractivity contribution >= 4 is 23.2 Å². The highest BCUT2D eigenvalue weighted by Gasteiger charge is 2.24. The van der Waals surface area contributed by atoms with Crippen molar-refractivity contribution in [3.63, 3.8) is 0 Å². The maximum atomic E-state index is 13.1. The quantitative estimate of drug-likeness (QED) is 0.879. The largest absolute Gasteiger partial charge is 0.355 e. The molecular formula is C20H25N3O2S. The zero-order valence-electron chi connectivity index (χ0n) is 15.1. The van der Waals surface area contributed by atoms with Gasteiger partial charge in [-0.25, -0.2) is 0 Å². The lowest BCUT2D eigenvalue weighted by molar-refractivity contribution is -0.122. The van der Waals surface area contributed by atoms with Crippen LogP contribution in [0.25, 0.3) is 11.1 Å². The molecule has 3 rings (SSSR count). The predicted molar refractivity (Wildman–Crippen MR) is 105 cm³/mol. The lowest BCUT2D eigenvalue weighted by Gasteiger charge is -2.21. The molecule has 2 aromatic rings. The Labute approximate surface area is 158 Å². The molecule has 1 aromatic carbocycles. The molecule has 0 atom stereocenters. The van der Waals surface area contributed by atoms with Crippen molar-refractivity contribution in [2.75, 3.05) is 39.3 Å². The molecule has 0 unspecified atom stereocenters. The van der Waals surface area contributed by atoms with Gasteiger partial charge >= 0.3 is 0 Å². The molecule has 0 bridgehead atoms. The second-order valence-corrected chi connectivity index (χ2v) is 7.32. The van der Waals surface area contributed by atoms with E-state index in [1.54, 1.807) is 0 Å². The van der Waals surface area contributed by atoms with Crippen molar-refractivity contribution in [2.24, 2.45) is 0 Å². The SMILES string of the molecule is CCNC(=O)CN1CCCN(C(=O)c2sccc2-c2ccccc2)CC1. The number of hydrogen-bond donors (Lipinski definition) is 1. The number of rotatable bonds is 5. The van der Waals surface area contributed by atoms with Crippen LogP contribution < -0.4 is 5.32 Å². The monoisotopic (exact) mass is 371 g/mol. The number of hydrogen-bond acceptors (Lipinski definition) is 4. The Balaban J connectivity index is 1.66. The van der Waals surface area contributed by atoms with Gasteiger partial charge in [0.05, 0.1) is 11.4 Å². The minimum absolute atomic E-state index is 0.0527. The van der Waals surface area contributed by atoms with Gasteiger partial charge in [-0.05, 0) is 30.4 Å². The molecule has 5 nitrogen and oxygen atoms in total. The Kier molecular flexibility index (Phi) is 6.41. The first kappa shape index (κ1) is 18.6. The van der Waals surface area contributed by atoms with E-state index in [0.717, 1.165) is 42.1 Å². The topological polar surface area (TPSA) is 52.7 Å². The van der Waals surface area contributed by atoms with Gasteiger partial charge in [-0.3, -0.25) is 14.5 Å². The van der Waals surface area contributed by atoms with E-state index in [1.807, 2.05) is 53.6 Å². The molecule has 138 valence electrons. The highest BCUT2D eigenvalue weighted by atomic mass is 32.1. The third-order valence-electron chi connectivity index (χ3n) is 4.56. The molecule has 2 amide bonds. The number of carbonyl (C=O) groups is 2. The van der Waals surface area contributed by atoms with Crippen LogP contribution in [0.4, 0.5) is 0 Å². The van der Waals surface area contributed by atoms with Crippen molar-refractivity contribution in [1.29, 1.82) is 0 Å². The van der Waals surface area contributed by atoms with Crippen molar-refractivity contribution in [2.45, 2.75) is 13.3 Å². The van der Waals surface area contributed by atoms with Crippen molar-refractivity contribution in [3.05, 3.63) is 46.7 Å². The zero-order valence-corrected chi connectivity index (χ0v) is 15.9. The molecule has 0 radical (unpaired) electrons. The first-order valence-electron chi connectivity index (χ1n) is 9.10. The fourth-order valence-electron chi connectivity index (χ4n) is 3.25. The zero-order chi connectivity index (χ0) is 18.4. The molecule has 0 saturated carbocycles. The van der Waals surface area contributed by atoms with E-state index in [4.69, 9.17) is 0 Å². The normalized spacial score (nSPS) is 15.5. The molecule has 0 spiro atoms. The summed E-state index contributed by atoms with van der Waals surface area (Å²) in [6.45, 7) is 5.95. The van der Waals surface area contributed by atoms with E-state index in [2.05, 4.69) is 10.2 Å². The fourth-order valence-corrected chi connectivity index (χ4v) is 4.13. The van der Waals surface area contributed by atoms with Crippen molar-refractivity contribution < 1.29 is 9.59 Å². The standard InChI is InChI=1S/C20H25N3O2S/c1-2-21-18(24)15-22-10-6-11-23(13-12-22)20(25)19-17(9-14-26-19)16-7-4-3-5-8-16/h3-5,7-9,14H,2,6,10-13,15H2,1H3,(H,21,24). The molecule has 2 heterocycles. The molecule has 1 fully saturated rings. The summed E-state index contributed by atoms with van der Waals surface area (Å²) in [5.41, 5.74) is 2.08. The van der Waals surface area contributed by atoms with Gasteiger partial charge < -0.3 is 10.2 Å². The number of amides is 2. The minimum atomic E-state index is 0.0527. The number of thiophene rings is 1. The predicted octanol–water partition coefficient (Wildman–Crippen LogP) is 2.70. The van der Waals surface area contributed by atoms with Crippen LogP contribution in [0.1, 0.15) is 23.0 Å². The van der Waals surface area contributed by atoms with Gasteiger partial charge in [0.25, 0.3) is 5.91 Å². The number of nitrogens with one attached hydrogen (secondary N) is 1. The highest BCUT2D eigenvalue weighted by molar-refractivity contribution is 7.12. The first-order chi connectivity index (χ1) is 12.7. The number of likely N-dealkylation sites (N-methyl/N-ethyl adjacent to an activating group) is 1. The molecule has 1 aromatic heterocycles. The van der Waals surface area contributed by atoms with Gasteiger partial charge in [-0.15, -0.1) is 11.3 Å². The smallest absolute Gasteiger partial charge is 0.264 e. The highest BCUT2D eigenvalue weighted by Crippen LogP contribution is 2.29.